The molecule has 0 fully saturated rings. The summed E-state index contributed by atoms with van der Waals surface area (Å²) in [5.41, 5.74) is 16.5. The number of nitrogens with zero attached hydrogens (tertiary/aromatic N) is 1. The molecule has 11 N–H and O–H groups in total. The van der Waals surface area contributed by atoms with Crippen LogP contribution in [-0.2, 0) is 24.0 Å². The van der Waals surface area contributed by atoms with E-state index in [1.54, 1.807) is 13.8 Å². The summed E-state index contributed by atoms with van der Waals surface area (Å²) >= 11 is 1.52. The number of thioether (sulfide) groups is 1. The van der Waals surface area contributed by atoms with Crippen LogP contribution in [0, 0.1) is 5.92 Å². The van der Waals surface area contributed by atoms with Gasteiger partial charge in [0, 0.05) is 6.54 Å². The zero-order valence-corrected chi connectivity index (χ0v) is 21.7. The number of hydrogen-bond acceptors (Lipinski definition) is 8. The molecule has 0 aromatic carbocycles. The third-order valence-corrected chi connectivity index (χ3v) is 5.53. The third kappa shape index (κ3) is 14.4. The lowest BCUT2D eigenvalue weighted by molar-refractivity contribution is -0.147. The molecule has 0 saturated carbocycles. The average Bonchev–Trinajstić information content (AvgIpc) is 2.77. The van der Waals surface area contributed by atoms with Crippen molar-refractivity contribution in [3.05, 3.63) is 0 Å². The van der Waals surface area contributed by atoms with E-state index in [2.05, 4.69) is 20.9 Å². The highest BCUT2D eigenvalue weighted by atomic mass is 32.2. The highest BCUT2D eigenvalue weighted by Gasteiger charge is 2.31. The summed E-state index contributed by atoms with van der Waals surface area (Å²) in [5, 5.41) is 25.4. The van der Waals surface area contributed by atoms with Gasteiger partial charge >= 0.3 is 11.9 Å². The molecule has 4 unspecified atom stereocenters. The summed E-state index contributed by atoms with van der Waals surface area (Å²) < 4.78 is 0. The van der Waals surface area contributed by atoms with E-state index in [1.807, 2.05) is 6.26 Å². The molecule has 0 spiro atoms. The minimum Gasteiger partial charge on any atom is -0.481 e. The van der Waals surface area contributed by atoms with Crippen LogP contribution in [0.1, 0.15) is 46.0 Å². The summed E-state index contributed by atoms with van der Waals surface area (Å²) in [6.07, 6.45) is 2.04. The lowest BCUT2D eigenvalue weighted by atomic mass is 10.0. The molecule has 14 nitrogen and oxygen atoms in total. The van der Waals surface area contributed by atoms with Crippen molar-refractivity contribution in [3.8, 4) is 0 Å². The van der Waals surface area contributed by atoms with Crippen LogP contribution in [0.15, 0.2) is 4.99 Å². The van der Waals surface area contributed by atoms with E-state index in [-0.39, 0.29) is 31.3 Å². The molecular formula is C21H39N7O7S. The number of carbonyl (C=O) groups is 5. The van der Waals surface area contributed by atoms with E-state index < -0.39 is 60.2 Å². The second-order valence-electron chi connectivity index (χ2n) is 8.59. The van der Waals surface area contributed by atoms with Crippen molar-refractivity contribution in [3.63, 3.8) is 0 Å². The number of aliphatic carboxylic acids is 2. The molecule has 0 aromatic heterocycles. The van der Waals surface area contributed by atoms with Crippen LogP contribution in [0.25, 0.3) is 0 Å². The van der Waals surface area contributed by atoms with Gasteiger partial charge in [-0.1, -0.05) is 13.8 Å². The summed E-state index contributed by atoms with van der Waals surface area (Å²) in [4.78, 5) is 64.5. The van der Waals surface area contributed by atoms with Crippen LogP contribution in [0.2, 0.25) is 0 Å². The van der Waals surface area contributed by atoms with Crippen LogP contribution in [-0.4, -0.2) is 88.6 Å². The van der Waals surface area contributed by atoms with E-state index in [0.717, 1.165) is 0 Å². The zero-order valence-electron chi connectivity index (χ0n) is 20.9. The maximum absolute atomic E-state index is 13.1. The molecule has 0 bridgehead atoms. The van der Waals surface area contributed by atoms with Gasteiger partial charge in [-0.2, -0.15) is 11.8 Å². The number of carboxylic acid groups (broad SMARTS) is 2. The predicted molar refractivity (Wildman–Crippen MR) is 136 cm³/mol. The normalized spacial score (nSPS) is 14.1. The van der Waals surface area contributed by atoms with Gasteiger partial charge in [-0.05, 0) is 43.6 Å². The number of hydrogen-bond donors (Lipinski definition) is 8. The molecule has 0 aliphatic carbocycles. The molecule has 36 heavy (non-hydrogen) atoms. The number of aliphatic imine (C=N–C) groups is 1. The van der Waals surface area contributed by atoms with Crippen molar-refractivity contribution < 1.29 is 34.2 Å². The Bertz CT molecular complexity index is 791. The first kappa shape index (κ1) is 32.9. The van der Waals surface area contributed by atoms with E-state index >= 15 is 0 Å². The van der Waals surface area contributed by atoms with Gasteiger partial charge in [0.2, 0.25) is 17.7 Å². The molecule has 0 heterocycles. The second kappa shape index (κ2) is 17.4. The largest absolute Gasteiger partial charge is 0.481 e. The Hall–Kier alpha value is -3.07. The molecule has 0 aromatic rings. The van der Waals surface area contributed by atoms with Gasteiger partial charge in [-0.3, -0.25) is 24.2 Å². The minimum absolute atomic E-state index is 0.0846. The Labute approximate surface area is 214 Å². The Kier molecular flexibility index (Phi) is 15.9. The minimum atomic E-state index is -1.67. The maximum Gasteiger partial charge on any atom is 0.326 e. The molecule has 4 atom stereocenters. The van der Waals surface area contributed by atoms with Gasteiger partial charge in [0.05, 0.1) is 12.5 Å². The fourth-order valence-electron chi connectivity index (χ4n) is 3.05. The number of carboxylic acids is 2. The Balaban J connectivity index is 5.59. The monoisotopic (exact) mass is 533 g/mol. The molecule has 0 aliphatic rings. The second-order valence-corrected chi connectivity index (χ2v) is 9.57. The number of rotatable bonds is 18. The summed E-state index contributed by atoms with van der Waals surface area (Å²) in [7, 11) is 0. The SMILES string of the molecule is CSCCC(N)C(=O)NC(CCCN=C(N)N)C(=O)NC(CC(C)C)C(=O)NC(CC(=O)O)C(=O)O. The molecule has 0 saturated heterocycles. The van der Waals surface area contributed by atoms with Gasteiger partial charge in [0.25, 0.3) is 0 Å². The molecule has 3 amide bonds. The third-order valence-electron chi connectivity index (χ3n) is 4.88. The zero-order chi connectivity index (χ0) is 27.8. The van der Waals surface area contributed by atoms with Crippen molar-refractivity contribution >= 4 is 47.4 Å². The first-order valence-electron chi connectivity index (χ1n) is 11.4. The van der Waals surface area contributed by atoms with Crippen LogP contribution >= 0.6 is 11.8 Å². The molecule has 0 rings (SSSR count). The van der Waals surface area contributed by atoms with Gasteiger partial charge in [0.15, 0.2) is 5.96 Å². The van der Waals surface area contributed by atoms with Gasteiger partial charge < -0.3 is 43.4 Å². The molecular weight excluding hydrogens is 494 g/mol. The Morgan fingerprint density at radius 3 is 1.94 bits per heavy atom. The van der Waals surface area contributed by atoms with Crippen molar-refractivity contribution in [1.29, 1.82) is 0 Å². The fourth-order valence-corrected chi connectivity index (χ4v) is 3.54. The fraction of sp³-hybridized carbons (Fsp3) is 0.714. The van der Waals surface area contributed by atoms with Crippen molar-refractivity contribution in [2.75, 3.05) is 18.6 Å². The van der Waals surface area contributed by atoms with E-state index in [0.29, 0.717) is 18.6 Å². The number of amides is 3. The van der Waals surface area contributed by atoms with Crippen LogP contribution in [0.3, 0.4) is 0 Å². The van der Waals surface area contributed by atoms with Crippen molar-refractivity contribution in [1.82, 2.24) is 16.0 Å². The van der Waals surface area contributed by atoms with Gasteiger partial charge in [-0.25, -0.2) is 4.79 Å². The first-order valence-corrected chi connectivity index (χ1v) is 12.8. The van der Waals surface area contributed by atoms with Gasteiger partial charge in [-0.15, -0.1) is 0 Å². The lowest BCUT2D eigenvalue weighted by Gasteiger charge is -2.26. The average molecular weight is 534 g/mol. The van der Waals surface area contributed by atoms with Crippen LogP contribution in [0.5, 0.6) is 0 Å². The van der Waals surface area contributed by atoms with Gasteiger partial charge in [0.1, 0.15) is 18.1 Å². The molecule has 206 valence electrons. The molecule has 0 radical (unpaired) electrons. The number of nitrogens with two attached hydrogens (primary N) is 3. The first-order chi connectivity index (χ1) is 16.8. The molecule has 15 heteroatoms. The van der Waals surface area contributed by atoms with E-state index in [4.69, 9.17) is 22.3 Å². The lowest BCUT2D eigenvalue weighted by Crippen LogP contribution is -2.57. The van der Waals surface area contributed by atoms with Crippen molar-refractivity contribution in [2.24, 2.45) is 28.1 Å². The van der Waals surface area contributed by atoms with Crippen LogP contribution in [0.4, 0.5) is 0 Å². The Morgan fingerprint density at radius 2 is 1.44 bits per heavy atom. The number of carbonyl (C=O) groups excluding carboxylic acids is 3. The molecule has 0 aliphatic heterocycles. The highest BCUT2D eigenvalue weighted by Crippen LogP contribution is 2.09. The quantitative estimate of drug-likeness (QED) is 0.0553. The smallest absolute Gasteiger partial charge is 0.326 e. The predicted octanol–water partition coefficient (Wildman–Crippen LogP) is -1.82. The standard InChI is InChI=1S/C21H39N7O7S/c1-11(2)9-14(19(33)28-15(20(34)35)10-16(29)30)27-18(32)13(5-4-7-25-21(23)24)26-17(31)12(22)6-8-36-3/h11-15H,4-10,22H2,1-3H3,(H,26,31)(H,27,32)(H,28,33)(H,29,30)(H,34,35)(H4,23,24,25). The number of nitrogens with one attached hydrogen (secondary N) is 3. The maximum atomic E-state index is 13.1. The Morgan fingerprint density at radius 1 is 0.889 bits per heavy atom. The van der Waals surface area contributed by atoms with E-state index in [9.17, 15) is 29.1 Å². The van der Waals surface area contributed by atoms with E-state index in [1.165, 1.54) is 11.8 Å². The summed E-state index contributed by atoms with van der Waals surface area (Å²) in [5.74, 6) is -4.57. The van der Waals surface area contributed by atoms with Crippen LogP contribution < -0.4 is 33.2 Å². The highest BCUT2D eigenvalue weighted by molar-refractivity contribution is 7.98. The topological polar surface area (TPSA) is 252 Å². The summed E-state index contributed by atoms with van der Waals surface area (Å²) in [6.45, 7) is 3.78. The number of guanidine groups is 1. The summed E-state index contributed by atoms with van der Waals surface area (Å²) in [6, 6.07) is -4.75. The van der Waals surface area contributed by atoms with Crippen molar-refractivity contribution in [2.45, 2.75) is 70.1 Å².